The fourth-order valence-corrected chi connectivity index (χ4v) is 2.89. The second kappa shape index (κ2) is 7.48. The Morgan fingerprint density at radius 3 is 2.40 bits per heavy atom. The number of piperazine rings is 1. The Kier molecular flexibility index (Phi) is 5.14. The molecule has 1 aromatic carbocycles. The summed E-state index contributed by atoms with van der Waals surface area (Å²) in [6.45, 7) is 3.35. The van der Waals surface area contributed by atoms with Crippen LogP contribution in [-0.4, -0.2) is 66.1 Å². The molecule has 2 aromatic rings. The molecule has 1 fully saturated rings. The van der Waals surface area contributed by atoms with Crippen LogP contribution in [0.3, 0.4) is 0 Å². The van der Waals surface area contributed by atoms with Crippen molar-refractivity contribution < 1.29 is 4.79 Å². The van der Waals surface area contributed by atoms with Gasteiger partial charge in [-0.1, -0.05) is 18.2 Å². The highest BCUT2D eigenvalue weighted by Crippen LogP contribution is 2.20. The summed E-state index contributed by atoms with van der Waals surface area (Å²) in [5.41, 5.74) is 8.83. The number of rotatable bonds is 3. The molecule has 0 unspecified atom stereocenters. The van der Waals surface area contributed by atoms with Gasteiger partial charge in [-0.2, -0.15) is 0 Å². The largest absolute Gasteiger partial charge is 0.337 e. The summed E-state index contributed by atoms with van der Waals surface area (Å²) in [5.74, 6) is 0.704. The minimum Gasteiger partial charge on any atom is -0.337 e. The molecule has 1 aliphatic rings. The Labute approximate surface area is 148 Å². The number of aromatic nitrogens is 2. The lowest BCUT2D eigenvalue weighted by atomic mass is 10.1. The number of anilines is 1. The van der Waals surface area contributed by atoms with E-state index in [4.69, 9.17) is 5.73 Å². The molecule has 2 amide bonds. The minimum atomic E-state index is 0.0516. The Bertz CT molecular complexity index is 723. The van der Waals surface area contributed by atoms with Gasteiger partial charge in [0.2, 0.25) is 5.95 Å². The number of carbonyl (C=O) groups excluding carboxylic acids is 1. The van der Waals surface area contributed by atoms with Crippen molar-refractivity contribution in [2.24, 2.45) is 5.73 Å². The first kappa shape index (κ1) is 17.2. The van der Waals surface area contributed by atoms with Gasteiger partial charge >= 0.3 is 6.03 Å². The van der Waals surface area contributed by atoms with Crippen LogP contribution in [0.1, 0.15) is 5.56 Å². The lowest BCUT2D eigenvalue weighted by molar-refractivity contribution is 0.167. The van der Waals surface area contributed by atoms with E-state index in [1.54, 1.807) is 19.0 Å². The van der Waals surface area contributed by atoms with Gasteiger partial charge in [-0.05, 0) is 17.2 Å². The number of amides is 2. The molecule has 1 saturated heterocycles. The van der Waals surface area contributed by atoms with Crippen molar-refractivity contribution in [3.63, 3.8) is 0 Å². The van der Waals surface area contributed by atoms with Crippen molar-refractivity contribution in [3.8, 4) is 11.1 Å². The Morgan fingerprint density at radius 2 is 1.80 bits per heavy atom. The molecule has 0 radical (unpaired) electrons. The van der Waals surface area contributed by atoms with Crippen LogP contribution in [0, 0.1) is 0 Å². The van der Waals surface area contributed by atoms with Gasteiger partial charge in [0.1, 0.15) is 0 Å². The molecule has 1 aliphatic heterocycles. The quantitative estimate of drug-likeness (QED) is 0.914. The average molecular weight is 340 g/mol. The van der Waals surface area contributed by atoms with Crippen molar-refractivity contribution in [1.29, 1.82) is 0 Å². The van der Waals surface area contributed by atoms with Gasteiger partial charge in [0.05, 0.1) is 0 Å². The van der Waals surface area contributed by atoms with E-state index in [1.807, 2.05) is 35.5 Å². The van der Waals surface area contributed by atoms with Crippen LogP contribution < -0.4 is 10.6 Å². The number of nitrogens with two attached hydrogens (primary N) is 1. The first-order valence-corrected chi connectivity index (χ1v) is 8.41. The smallest absolute Gasteiger partial charge is 0.319 e. The Balaban J connectivity index is 1.66. The number of carbonyl (C=O) groups is 1. The molecule has 0 aliphatic carbocycles. The molecule has 3 rings (SSSR count). The van der Waals surface area contributed by atoms with Crippen molar-refractivity contribution in [2.75, 3.05) is 45.2 Å². The maximum atomic E-state index is 12.0. The van der Waals surface area contributed by atoms with Gasteiger partial charge < -0.3 is 20.4 Å². The van der Waals surface area contributed by atoms with E-state index in [0.717, 1.165) is 29.8 Å². The number of urea groups is 1. The van der Waals surface area contributed by atoms with Crippen LogP contribution in [0.25, 0.3) is 11.1 Å². The third kappa shape index (κ3) is 3.88. The molecule has 0 spiro atoms. The van der Waals surface area contributed by atoms with E-state index in [1.165, 1.54) is 0 Å². The van der Waals surface area contributed by atoms with Crippen LogP contribution in [0.2, 0.25) is 0 Å². The van der Waals surface area contributed by atoms with Crippen LogP contribution in [0.5, 0.6) is 0 Å². The highest BCUT2D eigenvalue weighted by Gasteiger charge is 2.23. The van der Waals surface area contributed by atoms with Crippen LogP contribution >= 0.6 is 0 Å². The molecule has 25 heavy (non-hydrogen) atoms. The molecule has 7 nitrogen and oxygen atoms in total. The summed E-state index contributed by atoms with van der Waals surface area (Å²) in [6.07, 6.45) is 3.69. The van der Waals surface area contributed by atoms with Crippen molar-refractivity contribution in [3.05, 3.63) is 42.2 Å². The van der Waals surface area contributed by atoms with E-state index in [2.05, 4.69) is 20.9 Å². The molecule has 0 atom stereocenters. The zero-order chi connectivity index (χ0) is 17.8. The van der Waals surface area contributed by atoms with E-state index in [0.29, 0.717) is 25.6 Å². The molecule has 2 N–H and O–H groups in total. The normalized spacial score (nSPS) is 14.5. The van der Waals surface area contributed by atoms with Gasteiger partial charge in [-0.15, -0.1) is 0 Å². The third-order valence-corrected chi connectivity index (χ3v) is 4.35. The molecule has 7 heteroatoms. The summed E-state index contributed by atoms with van der Waals surface area (Å²) >= 11 is 0. The number of hydrogen-bond donors (Lipinski definition) is 1. The topological polar surface area (TPSA) is 78.6 Å². The SMILES string of the molecule is CN(C)C(=O)N1CCN(c2ncc(-c3cccc(CN)c3)cn2)CC1. The fourth-order valence-electron chi connectivity index (χ4n) is 2.89. The van der Waals surface area contributed by atoms with Gasteiger partial charge in [0.15, 0.2) is 0 Å². The molecule has 2 heterocycles. The Morgan fingerprint density at radius 1 is 1.12 bits per heavy atom. The Hall–Kier alpha value is -2.67. The lowest BCUT2D eigenvalue weighted by Crippen LogP contribution is -2.51. The first-order chi connectivity index (χ1) is 12.1. The lowest BCUT2D eigenvalue weighted by Gasteiger charge is -2.35. The standard InChI is InChI=1S/C18H24N6O/c1-22(2)18(25)24-8-6-23(7-9-24)17-20-12-16(13-21-17)15-5-3-4-14(10-15)11-19/h3-5,10,12-13H,6-9,11,19H2,1-2H3. The summed E-state index contributed by atoms with van der Waals surface area (Å²) in [5, 5.41) is 0. The van der Waals surface area contributed by atoms with E-state index in [-0.39, 0.29) is 6.03 Å². The number of benzene rings is 1. The fraction of sp³-hybridized carbons (Fsp3) is 0.389. The maximum Gasteiger partial charge on any atom is 0.319 e. The maximum absolute atomic E-state index is 12.0. The van der Waals surface area contributed by atoms with Gasteiger partial charge in [-0.3, -0.25) is 0 Å². The summed E-state index contributed by atoms with van der Waals surface area (Å²) < 4.78 is 0. The van der Waals surface area contributed by atoms with E-state index >= 15 is 0 Å². The number of nitrogens with zero attached hydrogens (tertiary/aromatic N) is 5. The third-order valence-electron chi connectivity index (χ3n) is 4.35. The summed E-state index contributed by atoms with van der Waals surface area (Å²) in [6, 6.07) is 8.14. The summed E-state index contributed by atoms with van der Waals surface area (Å²) in [4.78, 5) is 26.6. The molecule has 132 valence electrons. The molecule has 0 bridgehead atoms. The van der Waals surface area contributed by atoms with E-state index < -0.39 is 0 Å². The molecule has 0 saturated carbocycles. The van der Waals surface area contributed by atoms with Crippen LogP contribution in [0.4, 0.5) is 10.7 Å². The monoisotopic (exact) mass is 340 g/mol. The molecular formula is C18H24N6O. The minimum absolute atomic E-state index is 0.0516. The predicted molar refractivity (Wildman–Crippen MR) is 98.2 cm³/mol. The predicted octanol–water partition coefficient (Wildman–Crippen LogP) is 1.41. The van der Waals surface area contributed by atoms with Gasteiger partial charge in [0, 0.05) is 64.8 Å². The summed E-state index contributed by atoms with van der Waals surface area (Å²) in [7, 11) is 3.55. The first-order valence-electron chi connectivity index (χ1n) is 8.41. The van der Waals surface area contributed by atoms with Crippen LogP contribution in [0.15, 0.2) is 36.7 Å². The van der Waals surface area contributed by atoms with Crippen LogP contribution in [-0.2, 0) is 6.54 Å². The van der Waals surface area contributed by atoms with Gasteiger partial charge in [-0.25, -0.2) is 14.8 Å². The van der Waals surface area contributed by atoms with Crippen molar-refractivity contribution in [1.82, 2.24) is 19.8 Å². The highest BCUT2D eigenvalue weighted by atomic mass is 16.2. The van der Waals surface area contributed by atoms with Crippen molar-refractivity contribution in [2.45, 2.75) is 6.54 Å². The zero-order valence-electron chi connectivity index (χ0n) is 14.7. The zero-order valence-corrected chi connectivity index (χ0v) is 14.7. The number of hydrogen-bond acceptors (Lipinski definition) is 5. The average Bonchev–Trinajstić information content (AvgIpc) is 2.67. The van der Waals surface area contributed by atoms with Gasteiger partial charge in [0.25, 0.3) is 0 Å². The second-order valence-electron chi connectivity index (χ2n) is 6.33. The van der Waals surface area contributed by atoms with E-state index in [9.17, 15) is 4.79 Å². The van der Waals surface area contributed by atoms with Crippen molar-refractivity contribution >= 4 is 12.0 Å². The second-order valence-corrected chi connectivity index (χ2v) is 6.33. The molecule has 1 aromatic heterocycles. The highest BCUT2D eigenvalue weighted by molar-refractivity contribution is 5.74. The molecular weight excluding hydrogens is 316 g/mol.